The van der Waals surface area contributed by atoms with Crippen molar-refractivity contribution in [1.82, 2.24) is 20.2 Å². The van der Waals surface area contributed by atoms with Crippen molar-refractivity contribution < 1.29 is 9.59 Å². The van der Waals surface area contributed by atoms with Crippen LogP contribution >= 0.6 is 0 Å². The average Bonchev–Trinajstić information content (AvgIpc) is 3.21. The minimum Gasteiger partial charge on any atom is -0.365 e. The van der Waals surface area contributed by atoms with Gasteiger partial charge in [-0.2, -0.15) is 0 Å². The zero-order valence-corrected chi connectivity index (χ0v) is 14.2. The quantitative estimate of drug-likeness (QED) is 0.783. The molecule has 1 unspecified atom stereocenters. The minimum absolute atomic E-state index is 0.00509. The molecule has 128 valence electrons. The van der Waals surface area contributed by atoms with Crippen molar-refractivity contribution in [2.75, 3.05) is 7.05 Å². The lowest BCUT2D eigenvalue weighted by molar-refractivity contribution is -0.121. The second-order valence-corrected chi connectivity index (χ2v) is 6.28. The number of H-pyrrole nitrogens is 1. The standard InChI is InChI=1S/C18H24N4O2/c1-19-18(24)16-11-13-14(6-3-7-15(13)22(16)2)21-17(23)9-8-12-5-4-10-20-12/h4-5,10-11,14,20H,3,6-9H2,1-2H3,(H,19,24)(H,21,23). The largest absolute Gasteiger partial charge is 0.365 e. The van der Waals surface area contributed by atoms with Crippen LogP contribution in [-0.2, 0) is 24.7 Å². The fourth-order valence-electron chi connectivity index (χ4n) is 3.44. The van der Waals surface area contributed by atoms with Gasteiger partial charge in [0.25, 0.3) is 5.91 Å². The number of nitrogens with zero attached hydrogens (tertiary/aromatic N) is 1. The Labute approximate surface area is 141 Å². The van der Waals surface area contributed by atoms with Crippen LogP contribution in [0.3, 0.4) is 0 Å². The number of fused-ring (bicyclic) bond motifs is 1. The van der Waals surface area contributed by atoms with Gasteiger partial charge in [-0.1, -0.05) is 0 Å². The summed E-state index contributed by atoms with van der Waals surface area (Å²) in [6.45, 7) is 0. The molecule has 0 spiro atoms. The highest BCUT2D eigenvalue weighted by molar-refractivity contribution is 5.93. The van der Waals surface area contributed by atoms with Crippen molar-refractivity contribution in [3.05, 3.63) is 47.0 Å². The summed E-state index contributed by atoms with van der Waals surface area (Å²) in [6.07, 6.45) is 5.90. The first kappa shape index (κ1) is 16.4. The van der Waals surface area contributed by atoms with Crippen LogP contribution in [0.2, 0.25) is 0 Å². The molecule has 2 aromatic rings. The van der Waals surface area contributed by atoms with Crippen LogP contribution in [-0.4, -0.2) is 28.4 Å². The molecule has 3 N–H and O–H groups in total. The lowest BCUT2D eigenvalue weighted by Crippen LogP contribution is -2.31. The second-order valence-electron chi connectivity index (χ2n) is 6.28. The van der Waals surface area contributed by atoms with Crippen LogP contribution in [0.1, 0.15) is 52.7 Å². The topological polar surface area (TPSA) is 78.9 Å². The van der Waals surface area contributed by atoms with E-state index < -0.39 is 0 Å². The predicted molar refractivity (Wildman–Crippen MR) is 91.7 cm³/mol. The van der Waals surface area contributed by atoms with Crippen LogP contribution in [0, 0.1) is 0 Å². The minimum atomic E-state index is -0.0938. The number of hydrogen-bond acceptors (Lipinski definition) is 2. The number of nitrogens with one attached hydrogen (secondary N) is 3. The lowest BCUT2D eigenvalue weighted by atomic mass is 9.92. The summed E-state index contributed by atoms with van der Waals surface area (Å²) in [5.74, 6) is -0.0449. The van der Waals surface area contributed by atoms with Gasteiger partial charge in [-0.05, 0) is 49.4 Å². The van der Waals surface area contributed by atoms with Gasteiger partial charge in [-0.15, -0.1) is 0 Å². The number of rotatable bonds is 5. The number of aromatic amines is 1. The maximum atomic E-state index is 12.3. The molecule has 0 bridgehead atoms. The lowest BCUT2D eigenvalue weighted by Gasteiger charge is -2.24. The molecule has 0 saturated heterocycles. The van der Waals surface area contributed by atoms with Crippen LogP contribution < -0.4 is 10.6 Å². The van der Waals surface area contributed by atoms with E-state index in [-0.39, 0.29) is 17.9 Å². The van der Waals surface area contributed by atoms with Gasteiger partial charge in [0.1, 0.15) is 5.69 Å². The van der Waals surface area contributed by atoms with E-state index in [2.05, 4.69) is 15.6 Å². The van der Waals surface area contributed by atoms with Crippen molar-refractivity contribution in [2.24, 2.45) is 7.05 Å². The molecule has 0 aliphatic heterocycles. The highest BCUT2D eigenvalue weighted by Crippen LogP contribution is 2.32. The van der Waals surface area contributed by atoms with E-state index >= 15 is 0 Å². The molecule has 1 aliphatic carbocycles. The molecular weight excluding hydrogens is 304 g/mol. The molecule has 1 aliphatic rings. The fourth-order valence-corrected chi connectivity index (χ4v) is 3.44. The number of aromatic nitrogens is 2. The molecule has 0 aromatic carbocycles. The van der Waals surface area contributed by atoms with Gasteiger partial charge in [0.15, 0.2) is 0 Å². The zero-order chi connectivity index (χ0) is 17.1. The zero-order valence-electron chi connectivity index (χ0n) is 14.2. The molecule has 6 heteroatoms. The summed E-state index contributed by atoms with van der Waals surface area (Å²) in [4.78, 5) is 27.4. The Kier molecular flexibility index (Phi) is 4.74. The second kappa shape index (κ2) is 6.95. The van der Waals surface area contributed by atoms with Crippen LogP contribution in [0.15, 0.2) is 24.4 Å². The Balaban J connectivity index is 1.70. The predicted octanol–water partition coefficient (Wildman–Crippen LogP) is 1.84. The van der Waals surface area contributed by atoms with Crippen molar-refractivity contribution in [1.29, 1.82) is 0 Å². The third kappa shape index (κ3) is 3.22. The van der Waals surface area contributed by atoms with Crippen molar-refractivity contribution >= 4 is 11.8 Å². The molecule has 6 nitrogen and oxygen atoms in total. The van der Waals surface area contributed by atoms with Gasteiger partial charge in [-0.25, -0.2) is 0 Å². The smallest absolute Gasteiger partial charge is 0.267 e. The summed E-state index contributed by atoms with van der Waals surface area (Å²) < 4.78 is 1.95. The average molecular weight is 328 g/mol. The first-order chi connectivity index (χ1) is 11.6. The summed E-state index contributed by atoms with van der Waals surface area (Å²) >= 11 is 0. The highest BCUT2D eigenvalue weighted by Gasteiger charge is 2.27. The van der Waals surface area contributed by atoms with Crippen molar-refractivity contribution in [2.45, 2.75) is 38.1 Å². The third-order valence-electron chi connectivity index (χ3n) is 4.75. The number of aryl methyl sites for hydroxylation is 1. The molecule has 24 heavy (non-hydrogen) atoms. The number of amides is 2. The Morgan fingerprint density at radius 2 is 2.25 bits per heavy atom. The van der Waals surface area contributed by atoms with E-state index in [1.165, 1.54) is 0 Å². The molecular formula is C18H24N4O2. The maximum absolute atomic E-state index is 12.3. The molecule has 0 fully saturated rings. The SMILES string of the molecule is CNC(=O)c1cc2c(n1C)CCCC2NC(=O)CCc1ccc[nH]1. The van der Waals surface area contributed by atoms with E-state index in [9.17, 15) is 9.59 Å². The number of carbonyl (C=O) groups is 2. The van der Waals surface area contributed by atoms with E-state index in [0.29, 0.717) is 18.5 Å². The molecule has 0 saturated carbocycles. The van der Waals surface area contributed by atoms with Gasteiger partial charge in [0.2, 0.25) is 5.91 Å². The number of hydrogen-bond donors (Lipinski definition) is 3. The van der Waals surface area contributed by atoms with E-state index in [1.54, 1.807) is 7.05 Å². The fraction of sp³-hybridized carbons (Fsp3) is 0.444. The molecule has 0 radical (unpaired) electrons. The van der Waals surface area contributed by atoms with E-state index in [1.807, 2.05) is 36.0 Å². The van der Waals surface area contributed by atoms with Crippen LogP contribution in [0.25, 0.3) is 0 Å². The summed E-state index contributed by atoms with van der Waals surface area (Å²) in [5, 5.41) is 5.81. The Bertz CT molecular complexity index is 731. The van der Waals surface area contributed by atoms with E-state index in [4.69, 9.17) is 0 Å². The normalized spacial score (nSPS) is 16.5. The van der Waals surface area contributed by atoms with Gasteiger partial charge in [0, 0.05) is 38.1 Å². The Morgan fingerprint density at radius 1 is 1.42 bits per heavy atom. The molecule has 3 rings (SSSR count). The maximum Gasteiger partial charge on any atom is 0.267 e. The number of carbonyl (C=O) groups excluding carboxylic acids is 2. The Morgan fingerprint density at radius 3 is 2.96 bits per heavy atom. The molecule has 1 atom stereocenters. The molecule has 2 aromatic heterocycles. The monoisotopic (exact) mass is 328 g/mol. The van der Waals surface area contributed by atoms with E-state index in [0.717, 1.165) is 36.2 Å². The highest BCUT2D eigenvalue weighted by atomic mass is 16.2. The van der Waals surface area contributed by atoms with Gasteiger partial charge in [-0.3, -0.25) is 9.59 Å². The van der Waals surface area contributed by atoms with Gasteiger partial charge in [0.05, 0.1) is 6.04 Å². The third-order valence-corrected chi connectivity index (χ3v) is 4.75. The summed E-state index contributed by atoms with van der Waals surface area (Å²) in [7, 11) is 3.55. The van der Waals surface area contributed by atoms with Crippen LogP contribution in [0.4, 0.5) is 0 Å². The first-order valence-corrected chi connectivity index (χ1v) is 8.42. The molecule has 2 heterocycles. The van der Waals surface area contributed by atoms with Crippen LogP contribution in [0.5, 0.6) is 0 Å². The van der Waals surface area contributed by atoms with Gasteiger partial charge >= 0.3 is 0 Å². The van der Waals surface area contributed by atoms with Gasteiger partial charge < -0.3 is 20.2 Å². The molecule has 2 amide bonds. The summed E-state index contributed by atoms with van der Waals surface area (Å²) in [6, 6.07) is 5.84. The Hall–Kier alpha value is -2.50. The van der Waals surface area contributed by atoms with Crippen molar-refractivity contribution in [3.8, 4) is 0 Å². The van der Waals surface area contributed by atoms with Crippen molar-refractivity contribution in [3.63, 3.8) is 0 Å². The summed E-state index contributed by atoms with van der Waals surface area (Å²) in [5.41, 5.74) is 3.94. The first-order valence-electron chi connectivity index (χ1n) is 8.42.